The quantitative estimate of drug-likeness (QED) is 0.745. The molecule has 0 aliphatic carbocycles. The van der Waals surface area contributed by atoms with Crippen LogP contribution >= 0.6 is 12.4 Å². The summed E-state index contributed by atoms with van der Waals surface area (Å²) in [5, 5.41) is 3.01. The van der Waals surface area contributed by atoms with Crippen molar-refractivity contribution in [3.63, 3.8) is 0 Å². The number of nitrogens with two attached hydrogens (primary N) is 1. The van der Waals surface area contributed by atoms with E-state index in [-0.39, 0.29) is 30.1 Å². The van der Waals surface area contributed by atoms with Crippen molar-refractivity contribution in [3.05, 3.63) is 35.4 Å². The van der Waals surface area contributed by atoms with Gasteiger partial charge in [-0.05, 0) is 30.4 Å². The number of nitrogens with one attached hydrogen (secondary N) is 1. The molecule has 1 aromatic carbocycles. The second kappa shape index (κ2) is 10.1. The fourth-order valence-electron chi connectivity index (χ4n) is 3.33. The van der Waals surface area contributed by atoms with E-state index < -0.39 is 11.6 Å². The average molecular weight is 396 g/mol. The maximum Gasteiger partial charge on any atom is 0.243 e. The number of carbonyl (C=O) groups excluding carboxylic acids is 2. The highest BCUT2D eigenvalue weighted by atomic mass is 35.5. The van der Waals surface area contributed by atoms with Crippen LogP contribution in [-0.2, 0) is 22.6 Å². The lowest BCUT2D eigenvalue weighted by molar-refractivity contribution is -0.144. The van der Waals surface area contributed by atoms with Gasteiger partial charge in [0.05, 0.1) is 0 Å². The van der Waals surface area contributed by atoms with Crippen molar-refractivity contribution >= 4 is 24.2 Å². The Labute approximate surface area is 169 Å². The smallest absolute Gasteiger partial charge is 0.243 e. The second-order valence-electron chi connectivity index (χ2n) is 7.55. The van der Waals surface area contributed by atoms with Gasteiger partial charge in [-0.1, -0.05) is 52.0 Å². The maximum atomic E-state index is 13.0. The van der Waals surface area contributed by atoms with Crippen LogP contribution in [0.2, 0.25) is 0 Å². The number of hydrogen-bond donors (Lipinski definition) is 2. The Bertz CT molecular complexity index is 646. The molecular formula is C21H34ClN3O2. The Morgan fingerprint density at radius 1 is 1.22 bits per heavy atom. The summed E-state index contributed by atoms with van der Waals surface area (Å²) in [6.07, 6.45) is 2.92. The molecular weight excluding hydrogens is 362 g/mol. The minimum absolute atomic E-state index is 0. The molecule has 0 saturated heterocycles. The van der Waals surface area contributed by atoms with Crippen LogP contribution in [0.5, 0.6) is 0 Å². The summed E-state index contributed by atoms with van der Waals surface area (Å²) in [4.78, 5) is 27.6. The number of hydrogen-bond acceptors (Lipinski definition) is 3. The number of nitrogens with zero attached hydrogens (tertiary/aromatic N) is 1. The molecule has 0 radical (unpaired) electrons. The van der Waals surface area contributed by atoms with Crippen molar-refractivity contribution < 1.29 is 9.59 Å². The van der Waals surface area contributed by atoms with E-state index >= 15 is 0 Å². The summed E-state index contributed by atoms with van der Waals surface area (Å²) >= 11 is 0. The van der Waals surface area contributed by atoms with Gasteiger partial charge in [-0.3, -0.25) is 9.59 Å². The van der Waals surface area contributed by atoms with Gasteiger partial charge >= 0.3 is 0 Å². The first kappa shape index (κ1) is 23.4. The lowest BCUT2D eigenvalue weighted by atomic mass is 9.91. The molecule has 1 heterocycles. The van der Waals surface area contributed by atoms with E-state index in [1.807, 2.05) is 52.0 Å². The highest BCUT2D eigenvalue weighted by molar-refractivity contribution is 5.89. The highest BCUT2D eigenvalue weighted by Gasteiger charge is 2.36. The van der Waals surface area contributed by atoms with E-state index in [0.29, 0.717) is 19.5 Å². The van der Waals surface area contributed by atoms with Crippen LogP contribution < -0.4 is 11.1 Å². The normalized spacial score (nSPS) is 17.5. The number of amides is 2. The number of fused-ring (bicyclic) bond motifs is 1. The second-order valence-corrected chi connectivity index (χ2v) is 7.55. The summed E-state index contributed by atoms with van der Waals surface area (Å²) in [7, 11) is 0. The van der Waals surface area contributed by atoms with Gasteiger partial charge in [0.25, 0.3) is 0 Å². The van der Waals surface area contributed by atoms with Gasteiger partial charge in [0.1, 0.15) is 6.04 Å². The molecule has 0 fully saturated rings. The molecule has 1 aliphatic heterocycles. The molecule has 0 spiro atoms. The average Bonchev–Trinajstić information content (AvgIpc) is 2.69. The topological polar surface area (TPSA) is 75.4 Å². The van der Waals surface area contributed by atoms with Crippen LogP contribution in [-0.4, -0.2) is 34.8 Å². The molecule has 2 atom stereocenters. The molecule has 0 aromatic heterocycles. The predicted octanol–water partition coefficient (Wildman–Crippen LogP) is 3.04. The zero-order valence-electron chi connectivity index (χ0n) is 17.0. The van der Waals surface area contributed by atoms with Gasteiger partial charge in [-0.15, -0.1) is 12.4 Å². The molecule has 5 nitrogen and oxygen atoms in total. The fraction of sp³-hybridized carbons (Fsp3) is 0.619. The molecule has 1 aromatic rings. The summed E-state index contributed by atoms with van der Waals surface area (Å²) in [6.45, 7) is 8.92. The molecule has 2 unspecified atom stereocenters. The number of carbonyl (C=O) groups is 2. The molecule has 3 N–H and O–H groups in total. The largest absolute Gasteiger partial charge is 0.352 e. The Morgan fingerprint density at radius 3 is 2.37 bits per heavy atom. The Hall–Kier alpha value is -1.59. The fourth-order valence-corrected chi connectivity index (χ4v) is 3.33. The van der Waals surface area contributed by atoms with E-state index in [1.54, 1.807) is 4.90 Å². The predicted molar refractivity (Wildman–Crippen MR) is 112 cm³/mol. The van der Waals surface area contributed by atoms with Crippen LogP contribution in [0.1, 0.15) is 58.1 Å². The third kappa shape index (κ3) is 5.45. The van der Waals surface area contributed by atoms with Gasteiger partial charge in [-0.25, -0.2) is 0 Å². The monoisotopic (exact) mass is 395 g/mol. The summed E-state index contributed by atoms with van der Waals surface area (Å²) in [5.41, 5.74) is 8.20. The zero-order chi connectivity index (χ0) is 19.3. The van der Waals surface area contributed by atoms with Crippen LogP contribution in [0, 0.1) is 5.92 Å². The first-order chi connectivity index (χ1) is 12.3. The van der Waals surface area contributed by atoms with Gasteiger partial charge in [0, 0.05) is 31.0 Å². The van der Waals surface area contributed by atoms with Crippen molar-refractivity contribution in [2.45, 2.75) is 71.5 Å². The third-order valence-electron chi connectivity index (χ3n) is 5.89. The molecule has 152 valence electrons. The minimum atomic E-state index is -0.468. The first-order valence-corrected chi connectivity index (χ1v) is 9.79. The van der Waals surface area contributed by atoms with Crippen LogP contribution in [0.4, 0.5) is 0 Å². The van der Waals surface area contributed by atoms with Gasteiger partial charge in [0.15, 0.2) is 0 Å². The summed E-state index contributed by atoms with van der Waals surface area (Å²) < 4.78 is 0. The van der Waals surface area contributed by atoms with Crippen molar-refractivity contribution in [2.75, 3.05) is 6.54 Å². The maximum absolute atomic E-state index is 13.0. The van der Waals surface area contributed by atoms with E-state index in [0.717, 1.165) is 30.4 Å². The lowest BCUT2D eigenvalue weighted by Gasteiger charge is -2.38. The van der Waals surface area contributed by atoms with Crippen LogP contribution in [0.25, 0.3) is 0 Å². The van der Waals surface area contributed by atoms with Crippen molar-refractivity contribution in [1.29, 1.82) is 0 Å². The van der Waals surface area contributed by atoms with E-state index in [4.69, 9.17) is 5.73 Å². The van der Waals surface area contributed by atoms with Gasteiger partial charge in [-0.2, -0.15) is 0 Å². The van der Waals surface area contributed by atoms with E-state index in [9.17, 15) is 9.59 Å². The Morgan fingerprint density at radius 2 is 1.81 bits per heavy atom. The third-order valence-corrected chi connectivity index (χ3v) is 5.89. The van der Waals surface area contributed by atoms with Crippen molar-refractivity contribution in [1.82, 2.24) is 10.2 Å². The standard InChI is InChI=1S/C21H33N3O2.ClH/c1-5-15(4)20(26)24-13-17-11-9-8-10-16(17)12-18(24)19(25)23-14-21(22,6-2)7-3;/h8-11,15,18H,5-7,12-14,22H2,1-4H3,(H,23,25);1H. The van der Waals surface area contributed by atoms with E-state index in [1.165, 1.54) is 0 Å². The van der Waals surface area contributed by atoms with Crippen LogP contribution in [0.3, 0.4) is 0 Å². The SMILES string of the molecule is CCC(C)C(=O)N1Cc2ccccc2CC1C(=O)NCC(N)(CC)CC.Cl. The van der Waals surface area contributed by atoms with Crippen LogP contribution in [0.15, 0.2) is 24.3 Å². The number of halogens is 1. The van der Waals surface area contributed by atoms with E-state index in [2.05, 4.69) is 5.32 Å². The zero-order valence-corrected chi connectivity index (χ0v) is 17.8. The highest BCUT2D eigenvalue weighted by Crippen LogP contribution is 2.25. The minimum Gasteiger partial charge on any atom is -0.352 e. The Balaban J connectivity index is 0.00000364. The number of rotatable bonds is 7. The van der Waals surface area contributed by atoms with Gasteiger partial charge in [0.2, 0.25) is 11.8 Å². The molecule has 2 amide bonds. The first-order valence-electron chi connectivity index (χ1n) is 9.79. The molecule has 0 saturated carbocycles. The van der Waals surface area contributed by atoms with Crippen molar-refractivity contribution in [3.8, 4) is 0 Å². The Kier molecular flexibility index (Phi) is 8.76. The molecule has 0 bridgehead atoms. The number of benzene rings is 1. The van der Waals surface area contributed by atoms with Crippen molar-refractivity contribution in [2.24, 2.45) is 11.7 Å². The molecule has 27 heavy (non-hydrogen) atoms. The molecule has 1 aliphatic rings. The lowest BCUT2D eigenvalue weighted by Crippen LogP contribution is -2.57. The van der Waals surface area contributed by atoms with Gasteiger partial charge < -0.3 is 16.0 Å². The summed E-state index contributed by atoms with van der Waals surface area (Å²) in [5.74, 6) is -0.143. The molecule has 6 heteroatoms. The molecule has 2 rings (SSSR count). The summed E-state index contributed by atoms with van der Waals surface area (Å²) in [6, 6.07) is 7.59.